The Balaban J connectivity index is -0.0000000369. The molecule has 0 bridgehead atoms. The Kier molecular flexibility index (Phi) is 97.9. The second-order valence-corrected chi connectivity index (χ2v) is 2.89. The van der Waals surface area contributed by atoms with Gasteiger partial charge in [-0.2, -0.15) is 0 Å². The van der Waals surface area contributed by atoms with Gasteiger partial charge in [0.25, 0.3) is 0 Å². The molecule has 0 rings (SSSR count). The summed E-state index contributed by atoms with van der Waals surface area (Å²) in [6.45, 7) is 9.00. The Morgan fingerprint density at radius 3 is 0.529 bits per heavy atom. The fourth-order valence-corrected chi connectivity index (χ4v) is 0. The largest absolute Gasteiger partial charge is 0.396 e. The zero-order valence-electron chi connectivity index (χ0n) is 11.9. The number of hydrogen-bond donors (Lipinski definition) is 4. The third-order valence-corrected chi connectivity index (χ3v) is 0.894. The number of rotatable bonds is 4. The normalized spacial score (nSPS) is 7.06. The van der Waals surface area contributed by atoms with Gasteiger partial charge in [0.15, 0.2) is 0 Å². The minimum absolute atomic E-state index is 0. The van der Waals surface area contributed by atoms with Crippen LogP contribution < -0.4 is 0 Å². The Morgan fingerprint density at radius 1 is 0.471 bits per heavy atom. The number of hydrogen-bond acceptors (Lipinski definition) is 4. The molecule has 0 radical (unpaired) electrons. The smallest absolute Gasteiger partial charge is 0.0428 e. The van der Waals surface area contributed by atoms with Crippen LogP contribution in [-0.4, -0.2) is 46.9 Å². The molecule has 0 aliphatic heterocycles. The van der Waals surface area contributed by atoms with Gasteiger partial charge in [0.2, 0.25) is 0 Å². The maximum atomic E-state index is 7.88. The van der Waals surface area contributed by atoms with Crippen LogP contribution in [0.1, 0.15) is 53.4 Å². The van der Waals surface area contributed by atoms with Crippen molar-refractivity contribution in [3.63, 3.8) is 0 Å². The summed E-state index contributed by atoms with van der Waals surface area (Å²) in [7, 11) is 0. The molecule has 108 valence electrons. The van der Waals surface area contributed by atoms with Crippen LogP contribution in [0, 0.1) is 0 Å². The molecule has 0 aromatic carbocycles. The van der Waals surface area contributed by atoms with Crippen molar-refractivity contribution in [2.45, 2.75) is 53.4 Å². The maximum Gasteiger partial charge on any atom is 0.0428 e. The summed E-state index contributed by atoms with van der Waals surface area (Å²) in [4.78, 5) is 0. The fraction of sp³-hybridized carbons (Fsp3) is 1.00. The van der Waals surface area contributed by atoms with Crippen LogP contribution in [0.5, 0.6) is 0 Å². The van der Waals surface area contributed by atoms with Crippen LogP contribution in [0.25, 0.3) is 0 Å². The van der Waals surface area contributed by atoms with Gasteiger partial charge in [-0.15, -0.1) is 0 Å². The van der Waals surface area contributed by atoms with E-state index in [2.05, 4.69) is 0 Å². The van der Waals surface area contributed by atoms with Crippen LogP contribution in [0.15, 0.2) is 0 Å². The standard InChI is InChI=1S/4C3H8O.Hf/c4*1-2-3-4;/h4*4H,2-3H2,1H3;. The van der Waals surface area contributed by atoms with Crippen molar-refractivity contribution >= 4 is 0 Å². The Labute approximate surface area is 126 Å². The summed E-state index contributed by atoms with van der Waals surface area (Å²) in [5.41, 5.74) is 0. The Bertz CT molecular complexity index is 42.5. The van der Waals surface area contributed by atoms with Crippen LogP contribution >= 0.6 is 0 Å². The van der Waals surface area contributed by atoms with Gasteiger partial charge in [-0.1, -0.05) is 27.7 Å². The van der Waals surface area contributed by atoms with E-state index in [-0.39, 0.29) is 25.8 Å². The van der Waals surface area contributed by atoms with Crippen molar-refractivity contribution < 1.29 is 46.3 Å². The summed E-state index contributed by atoms with van der Waals surface area (Å²) in [6, 6.07) is 0. The zero-order valence-corrected chi connectivity index (χ0v) is 15.5. The summed E-state index contributed by atoms with van der Waals surface area (Å²) in [6.07, 6.45) is 3.50. The summed E-state index contributed by atoms with van der Waals surface area (Å²) >= 11 is 0. The zero-order chi connectivity index (χ0) is 13.7. The van der Waals surface area contributed by atoms with Gasteiger partial charge >= 0.3 is 0 Å². The van der Waals surface area contributed by atoms with Crippen molar-refractivity contribution in [3.8, 4) is 0 Å². The van der Waals surface area contributed by atoms with E-state index >= 15 is 0 Å². The van der Waals surface area contributed by atoms with Crippen molar-refractivity contribution in [2.24, 2.45) is 0 Å². The van der Waals surface area contributed by atoms with E-state index in [1.165, 1.54) is 0 Å². The van der Waals surface area contributed by atoms with Crippen molar-refractivity contribution in [1.82, 2.24) is 0 Å². The molecule has 0 saturated carbocycles. The van der Waals surface area contributed by atoms with Crippen molar-refractivity contribution in [3.05, 3.63) is 0 Å². The van der Waals surface area contributed by atoms with Gasteiger partial charge in [-0.3, -0.25) is 0 Å². The van der Waals surface area contributed by atoms with E-state index in [1.54, 1.807) is 0 Å². The van der Waals surface area contributed by atoms with E-state index in [9.17, 15) is 0 Å². The van der Waals surface area contributed by atoms with E-state index in [0.717, 1.165) is 25.7 Å². The van der Waals surface area contributed by atoms with Crippen LogP contribution in [-0.2, 0) is 25.8 Å². The van der Waals surface area contributed by atoms with Gasteiger partial charge in [0, 0.05) is 52.3 Å². The quantitative estimate of drug-likeness (QED) is 0.522. The first-order chi connectivity index (χ1) is 7.66. The molecule has 0 aromatic rings. The van der Waals surface area contributed by atoms with Gasteiger partial charge in [0.05, 0.1) is 0 Å². The molecule has 0 atom stereocenters. The third kappa shape index (κ3) is 163. The average molecular weight is 419 g/mol. The summed E-state index contributed by atoms with van der Waals surface area (Å²) in [5.74, 6) is 0. The van der Waals surface area contributed by atoms with Gasteiger partial charge in [-0.25, -0.2) is 0 Å². The molecule has 4 nitrogen and oxygen atoms in total. The minimum Gasteiger partial charge on any atom is -0.396 e. The monoisotopic (exact) mass is 420 g/mol. The Morgan fingerprint density at radius 2 is 0.529 bits per heavy atom. The molecule has 0 aliphatic rings. The van der Waals surface area contributed by atoms with Gasteiger partial charge < -0.3 is 20.4 Å². The first-order valence-electron chi connectivity index (χ1n) is 6.09. The summed E-state index contributed by atoms with van der Waals surface area (Å²) < 4.78 is 0. The van der Waals surface area contributed by atoms with E-state index in [4.69, 9.17) is 20.4 Å². The Hall–Kier alpha value is 0.710. The summed E-state index contributed by atoms with van der Waals surface area (Å²) in [5, 5.41) is 31.5. The molecular formula is C12H32HfO4. The fourth-order valence-electron chi connectivity index (χ4n) is 0. The topological polar surface area (TPSA) is 80.9 Å². The van der Waals surface area contributed by atoms with Crippen molar-refractivity contribution in [1.29, 1.82) is 0 Å². The van der Waals surface area contributed by atoms with E-state index < -0.39 is 0 Å². The first-order valence-corrected chi connectivity index (χ1v) is 6.09. The van der Waals surface area contributed by atoms with Gasteiger partial charge in [0.1, 0.15) is 0 Å². The molecule has 0 unspecified atom stereocenters. The first kappa shape index (κ1) is 30.6. The second kappa shape index (κ2) is 54.4. The molecule has 0 aliphatic carbocycles. The number of aliphatic hydroxyl groups is 4. The van der Waals surface area contributed by atoms with Crippen LogP contribution in [0.2, 0.25) is 0 Å². The van der Waals surface area contributed by atoms with Crippen LogP contribution in [0.4, 0.5) is 0 Å². The average Bonchev–Trinajstić information content (AvgIpc) is 2.39. The molecular weight excluding hydrogens is 387 g/mol. The van der Waals surface area contributed by atoms with Gasteiger partial charge in [-0.05, 0) is 25.7 Å². The molecule has 17 heavy (non-hydrogen) atoms. The molecule has 0 aromatic heterocycles. The van der Waals surface area contributed by atoms with E-state index in [1.807, 2.05) is 27.7 Å². The molecule has 0 heterocycles. The number of aliphatic hydroxyl groups excluding tert-OH is 4. The predicted molar refractivity (Wildman–Crippen MR) is 69.5 cm³/mol. The molecule has 0 amide bonds. The van der Waals surface area contributed by atoms with E-state index in [0.29, 0.717) is 26.4 Å². The molecule has 4 N–H and O–H groups in total. The molecule has 5 heteroatoms. The minimum atomic E-state index is 0. The third-order valence-electron chi connectivity index (χ3n) is 0.894. The SMILES string of the molecule is CCCO.CCCO.CCCO.CCCO.[Hf]. The molecule has 0 saturated heterocycles. The predicted octanol–water partition coefficient (Wildman–Crippen LogP) is 1.55. The molecule has 0 fully saturated rings. The second-order valence-electron chi connectivity index (χ2n) is 2.89. The van der Waals surface area contributed by atoms with Crippen molar-refractivity contribution in [2.75, 3.05) is 26.4 Å². The molecule has 0 spiro atoms. The maximum absolute atomic E-state index is 7.88. The van der Waals surface area contributed by atoms with Crippen LogP contribution in [0.3, 0.4) is 0 Å².